The van der Waals surface area contributed by atoms with E-state index in [2.05, 4.69) is 41.6 Å². The van der Waals surface area contributed by atoms with Gasteiger partial charge >= 0.3 is 0 Å². The smallest absolute Gasteiger partial charge is 0.106 e. The van der Waals surface area contributed by atoms with Crippen LogP contribution in [0.3, 0.4) is 0 Å². The van der Waals surface area contributed by atoms with Gasteiger partial charge in [0.25, 0.3) is 0 Å². The minimum atomic E-state index is 0.542. The summed E-state index contributed by atoms with van der Waals surface area (Å²) in [6.07, 6.45) is 1.99. The summed E-state index contributed by atoms with van der Waals surface area (Å²) in [6.45, 7) is 2.73. The van der Waals surface area contributed by atoms with Crippen LogP contribution in [0.1, 0.15) is 28.8 Å². The third-order valence-corrected chi connectivity index (χ3v) is 3.56. The lowest BCUT2D eigenvalue weighted by molar-refractivity contribution is 0.981. The Morgan fingerprint density at radius 1 is 1.25 bits per heavy atom. The first-order valence-corrected chi connectivity index (χ1v) is 6.41. The Kier molecular flexibility index (Phi) is 3.70. The van der Waals surface area contributed by atoms with Gasteiger partial charge < -0.3 is 5.73 Å². The molecular formula is C13H16N2S. The van der Waals surface area contributed by atoms with Crippen LogP contribution in [0.25, 0.3) is 0 Å². The number of rotatable bonds is 4. The Balaban J connectivity index is 2.19. The Bertz CT molecular complexity index is 462. The summed E-state index contributed by atoms with van der Waals surface area (Å²) in [7, 11) is 0. The molecule has 84 valence electrons. The number of hydrogen-bond donors (Lipinski definition) is 1. The van der Waals surface area contributed by atoms with Crippen molar-refractivity contribution in [2.75, 3.05) is 0 Å². The molecule has 0 aliphatic heterocycles. The first-order valence-electron chi connectivity index (χ1n) is 5.53. The molecule has 2 aromatic rings. The highest BCUT2D eigenvalue weighted by Gasteiger charge is 2.04. The minimum Gasteiger partial charge on any atom is -0.325 e. The van der Waals surface area contributed by atoms with Crippen molar-refractivity contribution in [1.82, 2.24) is 4.98 Å². The van der Waals surface area contributed by atoms with Crippen LogP contribution in [-0.2, 0) is 19.4 Å². The molecule has 0 amide bonds. The second-order valence-corrected chi connectivity index (χ2v) is 4.68. The van der Waals surface area contributed by atoms with Gasteiger partial charge in [0.15, 0.2) is 0 Å². The number of aromatic nitrogens is 1. The molecule has 0 aliphatic carbocycles. The molecule has 0 saturated heterocycles. The molecule has 2 N–H and O–H groups in total. The van der Waals surface area contributed by atoms with Crippen molar-refractivity contribution >= 4 is 11.3 Å². The zero-order valence-electron chi connectivity index (χ0n) is 9.44. The Labute approximate surface area is 100 Å². The molecule has 0 spiro atoms. The number of hydrogen-bond acceptors (Lipinski definition) is 3. The second kappa shape index (κ2) is 5.23. The number of nitrogens with zero attached hydrogens (tertiary/aromatic N) is 1. The van der Waals surface area contributed by atoms with E-state index < -0.39 is 0 Å². The fraction of sp³-hybridized carbons (Fsp3) is 0.308. The van der Waals surface area contributed by atoms with E-state index in [9.17, 15) is 0 Å². The lowest BCUT2D eigenvalue weighted by Gasteiger charge is -2.05. The van der Waals surface area contributed by atoms with Crippen LogP contribution in [0, 0.1) is 0 Å². The van der Waals surface area contributed by atoms with E-state index in [1.807, 2.05) is 0 Å². The zero-order valence-corrected chi connectivity index (χ0v) is 10.3. The van der Waals surface area contributed by atoms with Crippen LogP contribution in [0.5, 0.6) is 0 Å². The van der Waals surface area contributed by atoms with Gasteiger partial charge in [-0.1, -0.05) is 31.2 Å². The van der Waals surface area contributed by atoms with Crippen molar-refractivity contribution in [3.05, 3.63) is 51.5 Å². The van der Waals surface area contributed by atoms with Gasteiger partial charge in [0.05, 0.1) is 5.69 Å². The molecule has 0 saturated carbocycles. The van der Waals surface area contributed by atoms with Crippen molar-refractivity contribution in [1.29, 1.82) is 0 Å². The molecule has 0 atom stereocenters. The molecule has 1 heterocycles. The highest BCUT2D eigenvalue weighted by atomic mass is 32.1. The largest absolute Gasteiger partial charge is 0.325 e. The average molecular weight is 232 g/mol. The van der Waals surface area contributed by atoms with Gasteiger partial charge in [-0.05, 0) is 17.5 Å². The summed E-state index contributed by atoms with van der Waals surface area (Å²) < 4.78 is 0. The molecule has 0 bridgehead atoms. The first-order chi connectivity index (χ1) is 7.83. The van der Waals surface area contributed by atoms with Gasteiger partial charge in [-0.2, -0.15) is 0 Å². The van der Waals surface area contributed by atoms with E-state index in [0.29, 0.717) is 6.54 Å². The molecule has 0 aliphatic rings. The predicted molar refractivity (Wildman–Crippen MR) is 68.6 cm³/mol. The summed E-state index contributed by atoms with van der Waals surface area (Å²) in [4.78, 5) is 4.49. The van der Waals surface area contributed by atoms with Crippen molar-refractivity contribution in [2.45, 2.75) is 26.3 Å². The van der Waals surface area contributed by atoms with Gasteiger partial charge in [0.1, 0.15) is 5.01 Å². The Morgan fingerprint density at radius 3 is 2.62 bits per heavy atom. The van der Waals surface area contributed by atoms with Crippen molar-refractivity contribution in [3.63, 3.8) is 0 Å². The molecular weight excluding hydrogens is 216 g/mol. The van der Waals surface area contributed by atoms with Crippen molar-refractivity contribution in [3.8, 4) is 0 Å². The summed E-state index contributed by atoms with van der Waals surface area (Å²) in [6, 6.07) is 8.55. The Morgan fingerprint density at radius 2 is 2.00 bits per heavy atom. The maximum absolute atomic E-state index is 5.56. The van der Waals surface area contributed by atoms with Crippen LogP contribution in [0.4, 0.5) is 0 Å². The summed E-state index contributed by atoms with van der Waals surface area (Å²) in [5.41, 5.74) is 9.47. The molecule has 0 fully saturated rings. The van der Waals surface area contributed by atoms with E-state index in [1.165, 1.54) is 11.1 Å². The van der Waals surface area contributed by atoms with Gasteiger partial charge in [-0.3, -0.25) is 0 Å². The summed E-state index contributed by atoms with van der Waals surface area (Å²) in [5, 5.41) is 3.12. The van der Waals surface area contributed by atoms with Gasteiger partial charge in [0, 0.05) is 18.3 Å². The fourth-order valence-corrected chi connectivity index (χ4v) is 2.47. The van der Waals surface area contributed by atoms with E-state index in [0.717, 1.165) is 23.5 Å². The molecule has 1 aromatic carbocycles. The summed E-state index contributed by atoms with van der Waals surface area (Å²) >= 11 is 1.65. The maximum atomic E-state index is 5.56. The maximum Gasteiger partial charge on any atom is 0.106 e. The predicted octanol–water partition coefficient (Wildman–Crippen LogP) is 2.76. The molecule has 2 rings (SSSR count). The SMILES string of the molecule is CCc1ccccc1Cc1csc(CN)n1. The molecule has 2 nitrogen and oxygen atoms in total. The zero-order chi connectivity index (χ0) is 11.4. The Hall–Kier alpha value is -1.19. The van der Waals surface area contributed by atoms with E-state index in [-0.39, 0.29) is 0 Å². The second-order valence-electron chi connectivity index (χ2n) is 3.74. The topological polar surface area (TPSA) is 38.9 Å². The van der Waals surface area contributed by atoms with E-state index in [4.69, 9.17) is 5.73 Å². The third-order valence-electron chi connectivity index (χ3n) is 2.64. The number of aryl methyl sites for hydroxylation is 1. The van der Waals surface area contributed by atoms with Crippen molar-refractivity contribution in [2.24, 2.45) is 5.73 Å². The highest BCUT2D eigenvalue weighted by molar-refractivity contribution is 7.09. The monoisotopic (exact) mass is 232 g/mol. The molecule has 16 heavy (non-hydrogen) atoms. The van der Waals surface area contributed by atoms with E-state index >= 15 is 0 Å². The number of nitrogens with two attached hydrogens (primary N) is 1. The van der Waals surface area contributed by atoms with Gasteiger partial charge in [-0.25, -0.2) is 4.98 Å². The normalized spacial score (nSPS) is 10.6. The van der Waals surface area contributed by atoms with Gasteiger partial charge in [0.2, 0.25) is 0 Å². The fourth-order valence-electron chi connectivity index (χ4n) is 1.79. The number of thiazole rings is 1. The minimum absolute atomic E-state index is 0.542. The number of benzene rings is 1. The van der Waals surface area contributed by atoms with Crippen LogP contribution in [0.2, 0.25) is 0 Å². The molecule has 3 heteroatoms. The van der Waals surface area contributed by atoms with Crippen LogP contribution < -0.4 is 5.73 Å². The third kappa shape index (κ3) is 2.49. The lowest BCUT2D eigenvalue weighted by atomic mass is 10.0. The quantitative estimate of drug-likeness (QED) is 0.880. The lowest BCUT2D eigenvalue weighted by Crippen LogP contribution is -1.97. The van der Waals surface area contributed by atoms with Crippen LogP contribution >= 0.6 is 11.3 Å². The average Bonchev–Trinajstić information content (AvgIpc) is 2.77. The van der Waals surface area contributed by atoms with Crippen LogP contribution in [-0.4, -0.2) is 4.98 Å². The summed E-state index contributed by atoms with van der Waals surface area (Å²) in [5.74, 6) is 0. The standard InChI is InChI=1S/C13H16N2S/c1-2-10-5-3-4-6-11(10)7-12-9-16-13(8-14)15-12/h3-6,9H,2,7-8,14H2,1H3. The van der Waals surface area contributed by atoms with Crippen molar-refractivity contribution < 1.29 is 0 Å². The molecule has 0 unspecified atom stereocenters. The molecule has 0 radical (unpaired) electrons. The highest BCUT2D eigenvalue weighted by Crippen LogP contribution is 2.17. The van der Waals surface area contributed by atoms with E-state index in [1.54, 1.807) is 11.3 Å². The van der Waals surface area contributed by atoms with Gasteiger partial charge in [-0.15, -0.1) is 11.3 Å². The van der Waals surface area contributed by atoms with Crippen LogP contribution in [0.15, 0.2) is 29.6 Å². The molecule has 1 aromatic heterocycles. The first kappa shape index (κ1) is 11.3.